The summed E-state index contributed by atoms with van der Waals surface area (Å²) in [6, 6.07) is 0. The molecule has 0 spiro atoms. The van der Waals surface area contributed by atoms with Gasteiger partial charge in [0, 0.05) is 24.7 Å². The fourth-order valence-electron chi connectivity index (χ4n) is 7.52. The molecule has 4 aliphatic rings. The van der Waals surface area contributed by atoms with E-state index in [1.54, 1.807) is 6.92 Å². The van der Waals surface area contributed by atoms with Crippen molar-refractivity contribution < 1.29 is 27.5 Å². The SMILES string of the molecule is CC(=O)O[C@@H]1CC[C@H]2[C@@H]3CC[C@H]4[C@@H](F)C(=O)C(F)(F)C[C@]4(C)[C@H]3CC[C@]12C. The Balaban J connectivity index is 1.64. The van der Waals surface area contributed by atoms with Crippen molar-refractivity contribution in [2.24, 2.45) is 34.5 Å². The maximum Gasteiger partial charge on any atom is 0.308 e. The van der Waals surface area contributed by atoms with E-state index in [9.17, 15) is 22.8 Å². The van der Waals surface area contributed by atoms with Crippen molar-refractivity contribution >= 4 is 11.8 Å². The minimum absolute atomic E-state index is 0.00243. The van der Waals surface area contributed by atoms with Gasteiger partial charge in [0.05, 0.1) is 0 Å². The van der Waals surface area contributed by atoms with Gasteiger partial charge in [-0.15, -0.1) is 0 Å². The molecule has 0 unspecified atom stereocenters. The molecule has 152 valence electrons. The molecule has 27 heavy (non-hydrogen) atoms. The first-order valence-electron chi connectivity index (χ1n) is 10.2. The summed E-state index contributed by atoms with van der Waals surface area (Å²) >= 11 is 0. The van der Waals surface area contributed by atoms with Crippen LogP contribution in [0.2, 0.25) is 0 Å². The molecule has 0 aromatic heterocycles. The van der Waals surface area contributed by atoms with Crippen molar-refractivity contribution in [3.8, 4) is 0 Å². The maximum absolute atomic E-state index is 14.7. The molecule has 0 saturated heterocycles. The fourth-order valence-corrected chi connectivity index (χ4v) is 7.52. The van der Waals surface area contributed by atoms with Crippen molar-refractivity contribution in [2.75, 3.05) is 0 Å². The van der Waals surface area contributed by atoms with Crippen molar-refractivity contribution in [2.45, 2.75) is 83.9 Å². The third kappa shape index (κ3) is 2.61. The summed E-state index contributed by atoms with van der Waals surface area (Å²) in [5.41, 5.74) is -0.973. The number of Topliss-reactive ketones (excluding diaryl/α,β-unsaturated/α-hetero) is 1. The molecular weight excluding hydrogens is 357 g/mol. The predicted octanol–water partition coefficient (Wildman–Crippen LogP) is 4.72. The number of ether oxygens (including phenoxy) is 1. The molecule has 0 bridgehead atoms. The smallest absolute Gasteiger partial charge is 0.308 e. The summed E-state index contributed by atoms with van der Waals surface area (Å²) in [6.07, 6.45) is 1.84. The van der Waals surface area contributed by atoms with Crippen LogP contribution in [0.4, 0.5) is 13.2 Å². The lowest BCUT2D eigenvalue weighted by molar-refractivity contribution is -0.199. The highest BCUT2D eigenvalue weighted by Crippen LogP contribution is 2.67. The fraction of sp³-hybridized carbons (Fsp3) is 0.905. The van der Waals surface area contributed by atoms with Gasteiger partial charge in [0.25, 0.3) is 0 Å². The van der Waals surface area contributed by atoms with Crippen LogP contribution in [0.3, 0.4) is 0 Å². The van der Waals surface area contributed by atoms with Gasteiger partial charge < -0.3 is 4.74 Å². The molecule has 0 amide bonds. The molecule has 0 N–H and O–H groups in total. The third-order valence-corrected chi connectivity index (χ3v) is 8.73. The highest BCUT2D eigenvalue weighted by molar-refractivity contribution is 5.91. The van der Waals surface area contributed by atoms with E-state index in [0.29, 0.717) is 12.3 Å². The zero-order valence-corrected chi connectivity index (χ0v) is 16.3. The lowest BCUT2D eigenvalue weighted by Gasteiger charge is -2.61. The number of hydrogen-bond donors (Lipinski definition) is 0. The number of halogens is 3. The number of carbonyl (C=O) groups excluding carboxylic acids is 2. The van der Waals surface area contributed by atoms with Crippen molar-refractivity contribution in [3.05, 3.63) is 0 Å². The standard InChI is InChI=1S/C21H29F3O3/c1-11(25)27-16-7-6-13-12-4-5-15-17(22)18(26)21(23,24)10-20(15,3)14(12)8-9-19(13,16)2/h12-17H,4-10H2,1-3H3/t12-,13-,14-,15-,16+,17+,19-,20+/m0/s1. The molecule has 0 aliphatic heterocycles. The summed E-state index contributed by atoms with van der Waals surface area (Å²) in [5, 5.41) is 0. The van der Waals surface area contributed by atoms with Crippen LogP contribution in [0.5, 0.6) is 0 Å². The van der Waals surface area contributed by atoms with Crippen LogP contribution in [-0.2, 0) is 14.3 Å². The molecule has 4 fully saturated rings. The van der Waals surface area contributed by atoms with Gasteiger partial charge in [0.15, 0.2) is 6.17 Å². The van der Waals surface area contributed by atoms with E-state index in [1.807, 2.05) is 0 Å². The van der Waals surface area contributed by atoms with Crippen molar-refractivity contribution in [3.63, 3.8) is 0 Å². The molecule has 8 atom stereocenters. The highest BCUT2D eigenvalue weighted by Gasteiger charge is 2.67. The second-order valence-corrected chi connectivity index (χ2v) is 9.93. The molecule has 6 heteroatoms. The largest absolute Gasteiger partial charge is 0.462 e. The average molecular weight is 386 g/mol. The van der Waals surface area contributed by atoms with Crippen LogP contribution in [0.1, 0.15) is 65.7 Å². The predicted molar refractivity (Wildman–Crippen MR) is 92.9 cm³/mol. The zero-order valence-electron chi connectivity index (χ0n) is 16.3. The minimum atomic E-state index is -3.57. The molecule has 4 saturated carbocycles. The first-order valence-corrected chi connectivity index (χ1v) is 10.2. The summed E-state index contributed by atoms with van der Waals surface area (Å²) < 4.78 is 48.9. The Morgan fingerprint density at radius 1 is 1.00 bits per heavy atom. The van der Waals surface area contributed by atoms with Gasteiger partial charge in [-0.25, -0.2) is 4.39 Å². The van der Waals surface area contributed by atoms with Crippen molar-refractivity contribution in [1.29, 1.82) is 0 Å². The van der Waals surface area contributed by atoms with Crippen LogP contribution in [0.25, 0.3) is 0 Å². The summed E-state index contributed by atoms with van der Waals surface area (Å²) in [5.74, 6) is -5.40. The topological polar surface area (TPSA) is 43.4 Å². The highest BCUT2D eigenvalue weighted by atomic mass is 19.3. The lowest BCUT2D eigenvalue weighted by Crippen LogP contribution is -2.61. The Bertz CT molecular complexity index is 665. The average Bonchev–Trinajstić information content (AvgIpc) is 2.88. The van der Waals surface area contributed by atoms with E-state index < -0.39 is 35.6 Å². The Morgan fingerprint density at radius 2 is 1.63 bits per heavy atom. The van der Waals surface area contributed by atoms with E-state index in [4.69, 9.17) is 4.74 Å². The van der Waals surface area contributed by atoms with Gasteiger partial charge >= 0.3 is 11.9 Å². The summed E-state index contributed by atoms with van der Waals surface area (Å²) in [7, 11) is 0. The monoisotopic (exact) mass is 386 g/mol. The number of alkyl halides is 3. The zero-order chi connectivity index (χ0) is 19.8. The van der Waals surface area contributed by atoms with Gasteiger partial charge in [-0.2, -0.15) is 8.78 Å². The Hall–Kier alpha value is -1.07. The van der Waals surface area contributed by atoms with Crippen LogP contribution >= 0.6 is 0 Å². The molecular formula is C21H29F3O3. The molecule has 0 aromatic carbocycles. The van der Waals surface area contributed by atoms with E-state index in [-0.39, 0.29) is 29.3 Å². The summed E-state index contributed by atoms with van der Waals surface area (Å²) in [4.78, 5) is 23.3. The number of esters is 1. The van der Waals surface area contributed by atoms with E-state index in [0.717, 1.165) is 32.1 Å². The Kier molecular flexibility index (Phi) is 4.25. The van der Waals surface area contributed by atoms with E-state index in [2.05, 4.69) is 6.92 Å². The minimum Gasteiger partial charge on any atom is -0.462 e. The van der Waals surface area contributed by atoms with Crippen molar-refractivity contribution in [1.82, 2.24) is 0 Å². The first-order chi connectivity index (χ1) is 12.5. The summed E-state index contributed by atoms with van der Waals surface area (Å²) in [6.45, 7) is 5.39. The second-order valence-electron chi connectivity index (χ2n) is 9.93. The molecule has 0 aromatic rings. The quantitative estimate of drug-likeness (QED) is 0.612. The lowest BCUT2D eigenvalue weighted by atomic mass is 9.44. The Labute approximate surface area is 158 Å². The van der Waals surface area contributed by atoms with Gasteiger partial charge in [0.1, 0.15) is 6.10 Å². The number of hydrogen-bond acceptors (Lipinski definition) is 3. The Morgan fingerprint density at radius 3 is 2.30 bits per heavy atom. The number of fused-ring (bicyclic) bond motifs is 5. The van der Waals surface area contributed by atoms with E-state index >= 15 is 0 Å². The third-order valence-electron chi connectivity index (χ3n) is 8.73. The van der Waals surface area contributed by atoms with Crippen LogP contribution < -0.4 is 0 Å². The first kappa shape index (κ1) is 19.3. The van der Waals surface area contributed by atoms with E-state index in [1.165, 1.54) is 6.92 Å². The number of carbonyl (C=O) groups is 2. The van der Waals surface area contributed by atoms with Crippen LogP contribution in [0, 0.1) is 34.5 Å². The normalized spacial score (nSPS) is 51.1. The van der Waals surface area contributed by atoms with Crippen LogP contribution in [0.15, 0.2) is 0 Å². The second kappa shape index (κ2) is 5.96. The maximum atomic E-state index is 14.7. The number of rotatable bonds is 1. The molecule has 4 rings (SSSR count). The van der Waals surface area contributed by atoms with Gasteiger partial charge in [-0.3, -0.25) is 9.59 Å². The van der Waals surface area contributed by atoms with Crippen LogP contribution in [-0.4, -0.2) is 30.0 Å². The van der Waals surface area contributed by atoms with Gasteiger partial charge in [-0.1, -0.05) is 13.8 Å². The number of ketones is 1. The molecule has 0 heterocycles. The van der Waals surface area contributed by atoms with Gasteiger partial charge in [-0.05, 0) is 61.7 Å². The van der Waals surface area contributed by atoms with Gasteiger partial charge in [0.2, 0.25) is 5.78 Å². The molecule has 3 nitrogen and oxygen atoms in total. The molecule has 0 radical (unpaired) electrons. The molecule has 4 aliphatic carbocycles.